The maximum Gasteiger partial charge on any atom is 0.251 e. The van der Waals surface area contributed by atoms with Crippen LogP contribution in [0.3, 0.4) is 0 Å². The van der Waals surface area contributed by atoms with Crippen LogP contribution in [0.4, 0.5) is 0 Å². The topological polar surface area (TPSA) is 93.3 Å². The van der Waals surface area contributed by atoms with Gasteiger partial charge in [0, 0.05) is 18.4 Å². The van der Waals surface area contributed by atoms with Crippen molar-refractivity contribution < 1.29 is 14.3 Å². The summed E-state index contributed by atoms with van der Waals surface area (Å²) in [6.45, 7) is 3.10. The fourth-order valence-corrected chi connectivity index (χ4v) is 2.18. The fraction of sp³-hybridized carbons (Fsp3) is 0.643. The average Bonchev–Trinajstić information content (AvgIpc) is 2.45. The van der Waals surface area contributed by atoms with Crippen molar-refractivity contribution in [2.24, 2.45) is 0 Å². The second-order valence-electron chi connectivity index (χ2n) is 5.11. The van der Waals surface area contributed by atoms with E-state index in [1.165, 1.54) is 6.07 Å². The first-order valence-corrected chi connectivity index (χ1v) is 7.16. The molecule has 7 nitrogen and oxygen atoms in total. The lowest BCUT2D eigenvalue weighted by Gasteiger charge is -2.22. The minimum Gasteiger partial charge on any atom is -0.376 e. The van der Waals surface area contributed by atoms with Crippen LogP contribution in [-0.2, 0) is 20.8 Å². The SMILES string of the molecule is Cc1cc(=O)[nH]c(CNC(=O)COCC2CCCCO2)n1. The van der Waals surface area contributed by atoms with E-state index in [0.717, 1.165) is 25.9 Å². The van der Waals surface area contributed by atoms with Gasteiger partial charge in [-0.2, -0.15) is 0 Å². The molecule has 1 fully saturated rings. The molecule has 7 heteroatoms. The lowest BCUT2D eigenvalue weighted by atomic mass is 10.1. The van der Waals surface area contributed by atoms with Gasteiger partial charge < -0.3 is 19.8 Å². The highest BCUT2D eigenvalue weighted by molar-refractivity contribution is 5.77. The van der Waals surface area contributed by atoms with E-state index in [4.69, 9.17) is 9.47 Å². The summed E-state index contributed by atoms with van der Waals surface area (Å²) in [4.78, 5) is 29.6. The smallest absolute Gasteiger partial charge is 0.251 e. The maximum atomic E-state index is 11.6. The first-order valence-electron chi connectivity index (χ1n) is 7.16. The molecule has 1 aliphatic heterocycles. The molecule has 0 saturated carbocycles. The highest BCUT2D eigenvalue weighted by atomic mass is 16.5. The molecule has 1 saturated heterocycles. The zero-order valence-corrected chi connectivity index (χ0v) is 12.2. The van der Waals surface area contributed by atoms with Crippen LogP contribution in [0.2, 0.25) is 0 Å². The van der Waals surface area contributed by atoms with E-state index in [1.54, 1.807) is 6.92 Å². The quantitative estimate of drug-likeness (QED) is 0.786. The molecule has 2 N–H and O–H groups in total. The predicted octanol–water partition coefficient (Wildman–Crippen LogP) is 0.280. The average molecular weight is 295 g/mol. The Labute approximate surface area is 123 Å². The summed E-state index contributed by atoms with van der Waals surface area (Å²) in [5.74, 6) is 0.193. The molecule has 1 atom stereocenters. The molecular weight excluding hydrogens is 274 g/mol. The molecule has 1 aromatic heterocycles. The van der Waals surface area contributed by atoms with Crippen molar-refractivity contribution in [3.05, 3.63) is 27.9 Å². The lowest BCUT2D eigenvalue weighted by Crippen LogP contribution is -2.31. The van der Waals surface area contributed by atoms with E-state index < -0.39 is 0 Å². The fourth-order valence-electron chi connectivity index (χ4n) is 2.18. The number of nitrogens with zero attached hydrogens (tertiary/aromatic N) is 1. The molecule has 0 radical (unpaired) electrons. The molecular formula is C14H21N3O4. The number of rotatable bonds is 6. The number of ether oxygens (including phenoxy) is 2. The summed E-state index contributed by atoms with van der Waals surface area (Å²) in [6, 6.07) is 1.40. The molecule has 2 rings (SSSR count). The van der Waals surface area contributed by atoms with Crippen molar-refractivity contribution in [1.82, 2.24) is 15.3 Å². The van der Waals surface area contributed by atoms with Gasteiger partial charge in [-0.3, -0.25) is 9.59 Å². The number of carbonyl (C=O) groups is 1. The van der Waals surface area contributed by atoms with E-state index in [-0.39, 0.29) is 30.7 Å². The molecule has 116 valence electrons. The third-order valence-electron chi connectivity index (χ3n) is 3.18. The van der Waals surface area contributed by atoms with Gasteiger partial charge >= 0.3 is 0 Å². The van der Waals surface area contributed by atoms with Crippen LogP contribution in [0, 0.1) is 6.92 Å². The third kappa shape index (κ3) is 5.65. The van der Waals surface area contributed by atoms with Crippen LogP contribution in [0.25, 0.3) is 0 Å². The monoisotopic (exact) mass is 295 g/mol. The Balaban J connectivity index is 1.66. The van der Waals surface area contributed by atoms with Crippen LogP contribution < -0.4 is 10.9 Å². The zero-order chi connectivity index (χ0) is 15.1. The van der Waals surface area contributed by atoms with E-state index in [0.29, 0.717) is 18.1 Å². The first-order chi connectivity index (χ1) is 10.1. The number of aryl methyl sites for hydroxylation is 1. The van der Waals surface area contributed by atoms with Gasteiger partial charge in [0.25, 0.3) is 5.56 Å². The third-order valence-corrected chi connectivity index (χ3v) is 3.18. The zero-order valence-electron chi connectivity index (χ0n) is 12.2. The summed E-state index contributed by atoms with van der Waals surface area (Å²) in [7, 11) is 0. The Hall–Kier alpha value is -1.73. The summed E-state index contributed by atoms with van der Waals surface area (Å²) in [6.07, 6.45) is 3.32. The minimum absolute atomic E-state index is 0.0179. The van der Waals surface area contributed by atoms with Crippen LogP contribution in [0.5, 0.6) is 0 Å². The van der Waals surface area contributed by atoms with Gasteiger partial charge in [-0.05, 0) is 26.2 Å². The van der Waals surface area contributed by atoms with Gasteiger partial charge in [0.15, 0.2) is 0 Å². The standard InChI is InChI=1S/C14H21N3O4/c1-10-6-13(18)17-12(16-10)7-15-14(19)9-20-8-11-4-2-3-5-21-11/h6,11H,2-5,7-9H2,1H3,(H,15,19)(H,16,17,18). The van der Waals surface area contributed by atoms with E-state index in [1.807, 2.05) is 0 Å². The van der Waals surface area contributed by atoms with Crippen LogP contribution in [0.1, 0.15) is 30.8 Å². The van der Waals surface area contributed by atoms with Gasteiger partial charge in [0.1, 0.15) is 12.4 Å². The molecule has 0 bridgehead atoms. The number of hydrogen-bond donors (Lipinski definition) is 2. The van der Waals surface area contributed by atoms with Crippen molar-refractivity contribution >= 4 is 5.91 Å². The van der Waals surface area contributed by atoms with Gasteiger partial charge in [0.2, 0.25) is 5.91 Å². The number of hydrogen-bond acceptors (Lipinski definition) is 5. The number of aromatic nitrogens is 2. The molecule has 1 unspecified atom stereocenters. The van der Waals surface area contributed by atoms with Crippen molar-refractivity contribution in [2.45, 2.75) is 38.8 Å². The Morgan fingerprint density at radius 1 is 1.57 bits per heavy atom. The summed E-state index contributed by atoms with van der Waals surface area (Å²) >= 11 is 0. The molecule has 1 aromatic rings. The first kappa shape index (κ1) is 15.7. The molecule has 21 heavy (non-hydrogen) atoms. The predicted molar refractivity (Wildman–Crippen MR) is 75.9 cm³/mol. The van der Waals surface area contributed by atoms with Crippen molar-refractivity contribution in [3.63, 3.8) is 0 Å². The van der Waals surface area contributed by atoms with E-state index in [9.17, 15) is 9.59 Å². The van der Waals surface area contributed by atoms with Crippen LogP contribution in [0.15, 0.2) is 10.9 Å². The number of aromatic amines is 1. The Bertz CT molecular complexity index is 523. The normalized spacial score (nSPS) is 18.4. The number of amides is 1. The minimum atomic E-state index is -0.241. The Kier molecular flexibility index (Phi) is 5.89. The summed E-state index contributed by atoms with van der Waals surface area (Å²) < 4.78 is 10.9. The summed E-state index contributed by atoms with van der Waals surface area (Å²) in [5.41, 5.74) is 0.395. The number of nitrogens with one attached hydrogen (secondary N) is 2. The number of H-pyrrole nitrogens is 1. The summed E-state index contributed by atoms with van der Waals surface area (Å²) in [5, 5.41) is 2.65. The van der Waals surface area contributed by atoms with Gasteiger partial charge in [0.05, 0.1) is 19.3 Å². The van der Waals surface area contributed by atoms with Crippen LogP contribution in [-0.4, -0.2) is 41.8 Å². The van der Waals surface area contributed by atoms with Crippen molar-refractivity contribution in [1.29, 1.82) is 0 Å². The lowest BCUT2D eigenvalue weighted by molar-refractivity contribution is -0.128. The second kappa shape index (κ2) is 7.90. The molecule has 1 aliphatic rings. The van der Waals surface area contributed by atoms with E-state index >= 15 is 0 Å². The van der Waals surface area contributed by atoms with Crippen LogP contribution >= 0.6 is 0 Å². The highest BCUT2D eigenvalue weighted by Crippen LogP contribution is 2.12. The molecule has 0 spiro atoms. The van der Waals surface area contributed by atoms with Gasteiger partial charge in [-0.1, -0.05) is 0 Å². The molecule has 0 aromatic carbocycles. The van der Waals surface area contributed by atoms with Crippen molar-refractivity contribution in [2.75, 3.05) is 19.8 Å². The second-order valence-corrected chi connectivity index (χ2v) is 5.11. The molecule has 0 aliphatic carbocycles. The van der Waals surface area contributed by atoms with Crippen molar-refractivity contribution in [3.8, 4) is 0 Å². The van der Waals surface area contributed by atoms with E-state index in [2.05, 4.69) is 15.3 Å². The molecule has 1 amide bonds. The largest absolute Gasteiger partial charge is 0.376 e. The van der Waals surface area contributed by atoms with Gasteiger partial charge in [-0.25, -0.2) is 4.98 Å². The maximum absolute atomic E-state index is 11.6. The Morgan fingerprint density at radius 2 is 2.43 bits per heavy atom. The molecule has 2 heterocycles. The van der Waals surface area contributed by atoms with Gasteiger partial charge in [-0.15, -0.1) is 0 Å². The number of carbonyl (C=O) groups excluding carboxylic acids is 1. The highest BCUT2D eigenvalue weighted by Gasteiger charge is 2.14. The Morgan fingerprint density at radius 3 is 3.14 bits per heavy atom.